The quantitative estimate of drug-likeness (QED) is 0.723. The number of amides is 2. The van der Waals surface area contributed by atoms with Gasteiger partial charge in [-0.1, -0.05) is 13.0 Å². The number of hydrogen-bond acceptors (Lipinski definition) is 3. The van der Waals surface area contributed by atoms with E-state index in [1.807, 2.05) is 60.5 Å². The van der Waals surface area contributed by atoms with Crippen molar-refractivity contribution in [2.24, 2.45) is 0 Å². The molecular formula is C20H23N5O. The van der Waals surface area contributed by atoms with Crippen LogP contribution in [0.1, 0.15) is 31.9 Å². The zero-order valence-corrected chi connectivity index (χ0v) is 15.0. The van der Waals surface area contributed by atoms with E-state index in [-0.39, 0.29) is 12.1 Å². The predicted octanol–water partition coefficient (Wildman–Crippen LogP) is 4.27. The number of carbonyl (C=O) groups excluding carboxylic acids is 1. The van der Waals surface area contributed by atoms with Crippen molar-refractivity contribution in [1.29, 1.82) is 0 Å². The first kappa shape index (κ1) is 17.7. The van der Waals surface area contributed by atoms with E-state index in [1.165, 1.54) is 0 Å². The fourth-order valence-corrected chi connectivity index (χ4v) is 3.07. The van der Waals surface area contributed by atoms with Gasteiger partial charge < -0.3 is 10.2 Å². The molecule has 0 saturated heterocycles. The molecule has 0 aliphatic carbocycles. The van der Waals surface area contributed by atoms with Crippen molar-refractivity contribution in [3.63, 3.8) is 0 Å². The van der Waals surface area contributed by atoms with Crippen molar-refractivity contribution in [2.75, 3.05) is 11.9 Å². The summed E-state index contributed by atoms with van der Waals surface area (Å²) < 4.78 is 1.76. The molecule has 0 bridgehead atoms. The first-order valence-corrected chi connectivity index (χ1v) is 8.80. The predicted molar refractivity (Wildman–Crippen MR) is 102 cm³/mol. The first-order valence-electron chi connectivity index (χ1n) is 8.80. The minimum atomic E-state index is -0.117. The van der Waals surface area contributed by atoms with Crippen LogP contribution in [0.2, 0.25) is 0 Å². The van der Waals surface area contributed by atoms with Gasteiger partial charge in [0.1, 0.15) is 0 Å². The van der Waals surface area contributed by atoms with Gasteiger partial charge >= 0.3 is 6.03 Å². The number of pyridine rings is 1. The summed E-state index contributed by atoms with van der Waals surface area (Å²) in [5, 5.41) is 7.24. The summed E-state index contributed by atoms with van der Waals surface area (Å²) in [7, 11) is 0. The Kier molecular flexibility index (Phi) is 5.63. The van der Waals surface area contributed by atoms with Crippen molar-refractivity contribution in [3.8, 4) is 5.69 Å². The molecule has 3 aromatic rings. The van der Waals surface area contributed by atoms with Crippen LogP contribution in [-0.2, 0) is 0 Å². The van der Waals surface area contributed by atoms with Crippen molar-refractivity contribution in [2.45, 2.75) is 26.3 Å². The van der Waals surface area contributed by atoms with Crippen LogP contribution in [-0.4, -0.2) is 32.2 Å². The van der Waals surface area contributed by atoms with Gasteiger partial charge in [-0.2, -0.15) is 5.10 Å². The number of nitrogens with zero attached hydrogens (tertiary/aromatic N) is 4. The molecule has 26 heavy (non-hydrogen) atoms. The van der Waals surface area contributed by atoms with Gasteiger partial charge in [-0.25, -0.2) is 9.48 Å². The van der Waals surface area contributed by atoms with E-state index < -0.39 is 0 Å². The fraction of sp³-hybridized carbons (Fsp3) is 0.250. The van der Waals surface area contributed by atoms with Gasteiger partial charge in [0.05, 0.1) is 11.7 Å². The largest absolute Gasteiger partial charge is 0.322 e. The molecule has 0 saturated carbocycles. The summed E-state index contributed by atoms with van der Waals surface area (Å²) in [4.78, 5) is 18.8. The minimum absolute atomic E-state index is 0.0114. The number of urea groups is 1. The summed E-state index contributed by atoms with van der Waals surface area (Å²) in [6.07, 6.45) is 7.95. The number of benzene rings is 1. The average Bonchev–Trinajstić information content (AvgIpc) is 3.21. The molecule has 1 aromatic carbocycles. The van der Waals surface area contributed by atoms with Crippen LogP contribution in [0.15, 0.2) is 67.3 Å². The molecule has 0 radical (unpaired) electrons. The summed E-state index contributed by atoms with van der Waals surface area (Å²) in [6, 6.07) is 13.3. The SMILES string of the molecule is CCC(c1ccncc1)N(CC)C(=O)Nc1cccc(-n2cccn2)c1. The maximum Gasteiger partial charge on any atom is 0.322 e. The van der Waals surface area contributed by atoms with Crippen LogP contribution in [0, 0.1) is 0 Å². The van der Waals surface area contributed by atoms with Gasteiger partial charge in [-0.05, 0) is 55.3 Å². The monoisotopic (exact) mass is 349 g/mol. The lowest BCUT2D eigenvalue weighted by Crippen LogP contribution is -2.37. The summed E-state index contributed by atoms with van der Waals surface area (Å²) in [5.74, 6) is 0. The van der Waals surface area contributed by atoms with Gasteiger partial charge in [0.2, 0.25) is 0 Å². The van der Waals surface area contributed by atoms with Gasteiger partial charge in [0, 0.05) is 37.0 Å². The zero-order valence-electron chi connectivity index (χ0n) is 15.0. The molecule has 0 spiro atoms. The molecule has 0 aliphatic rings. The van der Waals surface area contributed by atoms with Crippen molar-refractivity contribution < 1.29 is 4.79 Å². The highest BCUT2D eigenvalue weighted by molar-refractivity contribution is 5.90. The molecule has 6 heteroatoms. The molecule has 134 valence electrons. The minimum Gasteiger partial charge on any atom is -0.318 e. The molecule has 2 amide bonds. The maximum absolute atomic E-state index is 12.9. The molecule has 1 atom stereocenters. The number of anilines is 1. The molecule has 0 aliphatic heterocycles. The van der Waals surface area contributed by atoms with Crippen molar-refractivity contribution >= 4 is 11.7 Å². The Balaban J connectivity index is 1.78. The second kappa shape index (κ2) is 8.29. The van der Waals surface area contributed by atoms with E-state index in [0.717, 1.165) is 23.4 Å². The van der Waals surface area contributed by atoms with E-state index in [0.29, 0.717) is 6.54 Å². The highest BCUT2D eigenvalue weighted by atomic mass is 16.2. The van der Waals surface area contributed by atoms with Gasteiger partial charge in [0.25, 0.3) is 0 Å². The maximum atomic E-state index is 12.9. The number of nitrogens with one attached hydrogen (secondary N) is 1. The van der Waals surface area contributed by atoms with Crippen molar-refractivity contribution in [3.05, 3.63) is 72.8 Å². The Hall–Kier alpha value is -3.15. The Morgan fingerprint density at radius 3 is 2.62 bits per heavy atom. The molecule has 6 nitrogen and oxygen atoms in total. The Morgan fingerprint density at radius 2 is 1.96 bits per heavy atom. The van der Waals surface area contributed by atoms with Crippen LogP contribution in [0.3, 0.4) is 0 Å². The Labute approximate surface area is 153 Å². The number of hydrogen-bond donors (Lipinski definition) is 1. The lowest BCUT2D eigenvalue weighted by atomic mass is 10.0. The smallest absolute Gasteiger partial charge is 0.318 e. The second-order valence-corrected chi connectivity index (χ2v) is 5.92. The normalized spacial score (nSPS) is 11.8. The second-order valence-electron chi connectivity index (χ2n) is 5.92. The van der Waals surface area contributed by atoms with Gasteiger partial charge in [-0.3, -0.25) is 4.98 Å². The summed E-state index contributed by atoms with van der Waals surface area (Å²) in [5.41, 5.74) is 2.73. The Bertz CT molecular complexity index is 832. The van der Waals surface area contributed by atoms with E-state index in [1.54, 1.807) is 23.3 Å². The van der Waals surface area contributed by atoms with Crippen LogP contribution in [0.5, 0.6) is 0 Å². The highest BCUT2D eigenvalue weighted by Crippen LogP contribution is 2.24. The van der Waals surface area contributed by atoms with Crippen LogP contribution in [0.25, 0.3) is 5.69 Å². The number of rotatable bonds is 6. The third-order valence-electron chi connectivity index (χ3n) is 4.32. The van der Waals surface area contributed by atoms with E-state index in [9.17, 15) is 4.79 Å². The summed E-state index contributed by atoms with van der Waals surface area (Å²) >= 11 is 0. The van der Waals surface area contributed by atoms with E-state index in [4.69, 9.17) is 0 Å². The topological polar surface area (TPSA) is 63.1 Å². The third-order valence-corrected chi connectivity index (χ3v) is 4.32. The van der Waals surface area contributed by atoms with Crippen LogP contribution >= 0.6 is 0 Å². The Morgan fingerprint density at radius 1 is 1.15 bits per heavy atom. The van der Waals surface area contributed by atoms with Gasteiger partial charge in [0.15, 0.2) is 0 Å². The molecule has 3 rings (SSSR count). The standard InChI is InChI=1S/C20H23N5O/c1-3-19(16-9-12-21-13-10-16)24(4-2)20(26)23-17-7-5-8-18(15-17)25-14-6-11-22-25/h5-15,19H,3-4H2,1-2H3,(H,23,26). The average molecular weight is 349 g/mol. The number of carbonyl (C=O) groups is 1. The number of aromatic nitrogens is 3. The van der Waals surface area contributed by atoms with Crippen LogP contribution in [0.4, 0.5) is 10.5 Å². The first-order chi connectivity index (χ1) is 12.7. The summed E-state index contributed by atoms with van der Waals surface area (Å²) in [6.45, 7) is 4.69. The lowest BCUT2D eigenvalue weighted by molar-refractivity contribution is 0.190. The molecule has 1 unspecified atom stereocenters. The lowest BCUT2D eigenvalue weighted by Gasteiger charge is -2.30. The zero-order chi connectivity index (χ0) is 18.4. The van der Waals surface area contributed by atoms with Crippen LogP contribution < -0.4 is 5.32 Å². The molecule has 2 heterocycles. The van der Waals surface area contributed by atoms with E-state index in [2.05, 4.69) is 22.3 Å². The fourth-order valence-electron chi connectivity index (χ4n) is 3.07. The van der Waals surface area contributed by atoms with Gasteiger partial charge in [-0.15, -0.1) is 0 Å². The molecule has 0 fully saturated rings. The van der Waals surface area contributed by atoms with Crippen molar-refractivity contribution in [1.82, 2.24) is 19.7 Å². The van der Waals surface area contributed by atoms with E-state index >= 15 is 0 Å². The molecule has 2 aromatic heterocycles. The molecule has 1 N–H and O–H groups in total. The molecular weight excluding hydrogens is 326 g/mol. The highest BCUT2D eigenvalue weighted by Gasteiger charge is 2.22. The third kappa shape index (κ3) is 3.91.